The summed E-state index contributed by atoms with van der Waals surface area (Å²) in [6, 6.07) is 9.32. The highest BCUT2D eigenvalue weighted by molar-refractivity contribution is 6.10. The Bertz CT molecular complexity index is 592. The Morgan fingerprint density at radius 1 is 1.44 bits per heavy atom. The Morgan fingerprint density at radius 2 is 2.12 bits per heavy atom. The molecule has 0 unspecified atom stereocenters. The first-order valence-corrected chi connectivity index (χ1v) is 4.90. The highest BCUT2D eigenvalue weighted by atomic mass is 16.2. The van der Waals surface area contributed by atoms with Crippen molar-refractivity contribution in [3.8, 4) is 6.07 Å². The number of H-pyrrole nitrogens is 1. The Morgan fingerprint density at radius 3 is 2.81 bits per heavy atom. The van der Waals surface area contributed by atoms with Crippen LogP contribution in [0.5, 0.6) is 0 Å². The Balaban J connectivity index is 2.64. The fraction of sp³-hybridized carbons (Fsp3) is 0.167. The van der Waals surface area contributed by atoms with Crippen LogP contribution >= 0.6 is 0 Å². The molecular formula is C12H11N3O. The van der Waals surface area contributed by atoms with Crippen molar-refractivity contribution in [2.75, 3.05) is 11.9 Å². The lowest BCUT2D eigenvalue weighted by Crippen LogP contribution is -2.24. The van der Waals surface area contributed by atoms with E-state index in [0.717, 1.165) is 22.3 Å². The molecule has 0 saturated heterocycles. The van der Waals surface area contributed by atoms with Gasteiger partial charge in [0.1, 0.15) is 0 Å². The lowest BCUT2D eigenvalue weighted by molar-refractivity contribution is -0.113. The number of nitrogens with zero attached hydrogens (tertiary/aromatic N) is 2. The molecule has 2 aromatic rings. The fourth-order valence-electron chi connectivity index (χ4n) is 1.87. The number of anilines is 1. The number of carbonyl (C=O) groups is 1. The molecule has 1 N–H and O–H groups in total. The standard InChI is InChI=1S/C12H11N3O/c1-8-12(15(2)11(16)7-13)9-5-3-4-6-10(9)14-8/h3-6,14H,1-2H3. The Kier molecular flexibility index (Phi) is 2.37. The number of benzene rings is 1. The molecule has 0 aliphatic carbocycles. The van der Waals surface area contributed by atoms with Gasteiger partial charge >= 0.3 is 5.91 Å². The van der Waals surface area contributed by atoms with E-state index in [1.807, 2.05) is 31.2 Å². The smallest absolute Gasteiger partial charge is 0.329 e. The molecule has 0 fully saturated rings. The minimum Gasteiger partial charge on any atom is -0.357 e. The summed E-state index contributed by atoms with van der Waals surface area (Å²) in [5, 5.41) is 9.57. The van der Waals surface area contributed by atoms with Gasteiger partial charge in [0, 0.05) is 23.6 Å². The van der Waals surface area contributed by atoms with Crippen molar-refractivity contribution in [1.29, 1.82) is 5.26 Å². The largest absolute Gasteiger partial charge is 0.357 e. The minimum atomic E-state index is -0.562. The number of aromatic nitrogens is 1. The second-order valence-electron chi connectivity index (χ2n) is 3.62. The number of hydrogen-bond donors (Lipinski definition) is 1. The van der Waals surface area contributed by atoms with Crippen molar-refractivity contribution in [2.24, 2.45) is 0 Å². The van der Waals surface area contributed by atoms with Gasteiger partial charge in [0.05, 0.1) is 5.69 Å². The third-order valence-corrected chi connectivity index (χ3v) is 2.60. The van der Waals surface area contributed by atoms with Crippen LogP contribution < -0.4 is 4.90 Å². The quantitative estimate of drug-likeness (QED) is 0.736. The van der Waals surface area contributed by atoms with Crippen LogP contribution in [0.25, 0.3) is 10.9 Å². The molecule has 0 spiro atoms. The predicted octanol–water partition coefficient (Wildman–Crippen LogP) is 1.96. The topological polar surface area (TPSA) is 59.9 Å². The van der Waals surface area contributed by atoms with Crippen molar-refractivity contribution < 1.29 is 4.79 Å². The molecule has 0 bridgehead atoms. The summed E-state index contributed by atoms with van der Waals surface area (Å²) in [5.74, 6) is -0.562. The van der Waals surface area contributed by atoms with Gasteiger partial charge in [-0.2, -0.15) is 5.26 Å². The first-order chi connectivity index (χ1) is 7.65. The predicted molar refractivity (Wildman–Crippen MR) is 62.1 cm³/mol. The number of rotatable bonds is 1. The highest BCUT2D eigenvalue weighted by Crippen LogP contribution is 2.29. The summed E-state index contributed by atoms with van der Waals surface area (Å²) in [6.07, 6.45) is 0. The lowest BCUT2D eigenvalue weighted by Gasteiger charge is -2.13. The third kappa shape index (κ3) is 1.43. The van der Waals surface area contributed by atoms with Gasteiger partial charge in [-0.05, 0) is 13.0 Å². The summed E-state index contributed by atoms with van der Waals surface area (Å²) >= 11 is 0. The van der Waals surface area contributed by atoms with Gasteiger partial charge in [-0.3, -0.25) is 4.79 Å². The van der Waals surface area contributed by atoms with E-state index in [-0.39, 0.29) is 0 Å². The summed E-state index contributed by atoms with van der Waals surface area (Å²) in [5.41, 5.74) is 2.61. The van der Waals surface area contributed by atoms with E-state index in [0.29, 0.717) is 0 Å². The fourth-order valence-corrected chi connectivity index (χ4v) is 1.87. The first kappa shape index (κ1) is 10.2. The molecule has 2 rings (SSSR count). The van der Waals surface area contributed by atoms with Crippen LogP contribution in [0.4, 0.5) is 5.69 Å². The summed E-state index contributed by atoms with van der Waals surface area (Å²) in [4.78, 5) is 15.9. The number of carbonyl (C=O) groups excluding carboxylic acids is 1. The highest BCUT2D eigenvalue weighted by Gasteiger charge is 2.16. The van der Waals surface area contributed by atoms with Gasteiger partial charge in [0.2, 0.25) is 0 Å². The van der Waals surface area contributed by atoms with Crippen LogP contribution in [0.3, 0.4) is 0 Å². The van der Waals surface area contributed by atoms with Crippen LogP contribution in [-0.2, 0) is 4.79 Å². The molecule has 0 aliphatic rings. The summed E-state index contributed by atoms with van der Waals surface area (Å²) < 4.78 is 0. The number of hydrogen-bond acceptors (Lipinski definition) is 2. The molecule has 4 nitrogen and oxygen atoms in total. The minimum absolute atomic E-state index is 0.562. The normalized spacial score (nSPS) is 10.1. The molecule has 0 aliphatic heterocycles. The van der Waals surface area contributed by atoms with Crippen LogP contribution in [0.1, 0.15) is 5.69 Å². The number of aryl methyl sites for hydroxylation is 1. The molecule has 0 saturated carbocycles. The number of nitrogens with one attached hydrogen (secondary N) is 1. The number of para-hydroxylation sites is 1. The van der Waals surface area contributed by atoms with E-state index in [1.54, 1.807) is 13.1 Å². The van der Waals surface area contributed by atoms with Gasteiger partial charge in [0.25, 0.3) is 0 Å². The Labute approximate surface area is 93.1 Å². The summed E-state index contributed by atoms with van der Waals surface area (Å²) in [7, 11) is 1.61. The monoisotopic (exact) mass is 213 g/mol. The van der Waals surface area contributed by atoms with E-state index in [4.69, 9.17) is 5.26 Å². The van der Waals surface area contributed by atoms with Crippen molar-refractivity contribution in [1.82, 2.24) is 4.98 Å². The van der Waals surface area contributed by atoms with Gasteiger partial charge in [-0.1, -0.05) is 18.2 Å². The molecule has 0 atom stereocenters. The second kappa shape index (κ2) is 3.70. The van der Waals surface area contributed by atoms with Gasteiger partial charge in [0.15, 0.2) is 6.07 Å². The molecule has 80 valence electrons. The van der Waals surface area contributed by atoms with E-state index >= 15 is 0 Å². The van der Waals surface area contributed by atoms with E-state index in [1.165, 1.54) is 4.90 Å². The maximum Gasteiger partial charge on any atom is 0.329 e. The van der Waals surface area contributed by atoms with Gasteiger partial charge in [-0.25, -0.2) is 0 Å². The number of amides is 1. The van der Waals surface area contributed by atoms with Gasteiger partial charge in [-0.15, -0.1) is 0 Å². The Hall–Kier alpha value is -2.28. The van der Waals surface area contributed by atoms with E-state index < -0.39 is 5.91 Å². The maximum atomic E-state index is 11.4. The SMILES string of the molecule is Cc1[nH]c2ccccc2c1N(C)C(=O)C#N. The van der Waals surface area contributed by atoms with Crippen LogP contribution in [0.15, 0.2) is 24.3 Å². The zero-order valence-electron chi connectivity index (χ0n) is 9.11. The zero-order chi connectivity index (χ0) is 11.7. The van der Waals surface area contributed by atoms with E-state index in [2.05, 4.69) is 4.98 Å². The molecular weight excluding hydrogens is 202 g/mol. The first-order valence-electron chi connectivity index (χ1n) is 4.90. The molecule has 1 aromatic heterocycles. The number of fused-ring (bicyclic) bond motifs is 1. The zero-order valence-corrected chi connectivity index (χ0v) is 9.11. The van der Waals surface area contributed by atoms with Crippen molar-refractivity contribution in [3.63, 3.8) is 0 Å². The lowest BCUT2D eigenvalue weighted by atomic mass is 10.2. The van der Waals surface area contributed by atoms with Crippen molar-refractivity contribution >= 4 is 22.5 Å². The van der Waals surface area contributed by atoms with Crippen LogP contribution in [-0.4, -0.2) is 17.9 Å². The second-order valence-corrected chi connectivity index (χ2v) is 3.62. The van der Waals surface area contributed by atoms with Gasteiger partial charge < -0.3 is 9.88 Å². The molecule has 1 amide bonds. The van der Waals surface area contributed by atoms with Crippen LogP contribution in [0, 0.1) is 18.3 Å². The van der Waals surface area contributed by atoms with Crippen LogP contribution in [0.2, 0.25) is 0 Å². The maximum absolute atomic E-state index is 11.4. The molecule has 4 heteroatoms. The molecule has 0 radical (unpaired) electrons. The molecule has 1 aromatic carbocycles. The van der Waals surface area contributed by atoms with Crippen molar-refractivity contribution in [2.45, 2.75) is 6.92 Å². The summed E-state index contributed by atoms with van der Waals surface area (Å²) in [6.45, 7) is 1.89. The average Bonchev–Trinajstić information content (AvgIpc) is 2.63. The van der Waals surface area contributed by atoms with E-state index in [9.17, 15) is 4.79 Å². The molecule has 16 heavy (non-hydrogen) atoms. The third-order valence-electron chi connectivity index (χ3n) is 2.60. The molecule has 1 heterocycles. The number of aromatic amines is 1. The van der Waals surface area contributed by atoms with Crippen molar-refractivity contribution in [3.05, 3.63) is 30.0 Å². The average molecular weight is 213 g/mol. The number of nitriles is 1.